The number of nitrogens with one attached hydrogen (secondary N) is 1. The Morgan fingerprint density at radius 2 is 1.69 bits per heavy atom. The zero-order valence-electron chi connectivity index (χ0n) is 16.6. The van der Waals surface area contributed by atoms with Crippen molar-refractivity contribution in [3.05, 3.63) is 107 Å². The molecule has 0 radical (unpaired) electrons. The number of nitrogens with zero attached hydrogens (tertiary/aromatic N) is 4. The molecule has 1 aliphatic rings. The van der Waals surface area contributed by atoms with Gasteiger partial charge in [0.2, 0.25) is 0 Å². The van der Waals surface area contributed by atoms with Crippen LogP contribution >= 0.6 is 0 Å². The zero-order valence-corrected chi connectivity index (χ0v) is 16.6. The first-order chi connectivity index (χ1) is 14.3. The van der Waals surface area contributed by atoms with Gasteiger partial charge in [0.25, 0.3) is 0 Å². The van der Waals surface area contributed by atoms with E-state index in [4.69, 9.17) is 5.10 Å². The summed E-state index contributed by atoms with van der Waals surface area (Å²) >= 11 is 0. The number of hydrogen-bond donors (Lipinski definition) is 1. The molecule has 3 heterocycles. The number of H-pyrrole nitrogens is 1. The van der Waals surface area contributed by atoms with E-state index in [2.05, 4.69) is 87.3 Å². The van der Waals surface area contributed by atoms with Crippen molar-refractivity contribution in [3.8, 4) is 0 Å². The van der Waals surface area contributed by atoms with Gasteiger partial charge >= 0.3 is 0 Å². The molecular formula is C24H25N5. The number of imidazole rings is 1. The maximum atomic E-state index is 4.83. The van der Waals surface area contributed by atoms with Crippen LogP contribution in [0.5, 0.6) is 0 Å². The van der Waals surface area contributed by atoms with Crippen molar-refractivity contribution in [2.75, 3.05) is 6.54 Å². The second-order valence-electron chi connectivity index (χ2n) is 7.74. The number of aromatic amines is 1. The van der Waals surface area contributed by atoms with Crippen molar-refractivity contribution in [1.29, 1.82) is 0 Å². The van der Waals surface area contributed by atoms with Gasteiger partial charge in [0.05, 0.1) is 18.2 Å². The summed E-state index contributed by atoms with van der Waals surface area (Å²) in [6, 6.07) is 21.4. The van der Waals surface area contributed by atoms with Gasteiger partial charge in [0.15, 0.2) is 0 Å². The van der Waals surface area contributed by atoms with Crippen LogP contribution < -0.4 is 0 Å². The first kappa shape index (κ1) is 17.9. The maximum absolute atomic E-state index is 4.83. The molecule has 5 heteroatoms. The molecule has 1 aliphatic heterocycles. The van der Waals surface area contributed by atoms with Crippen molar-refractivity contribution in [1.82, 2.24) is 24.6 Å². The van der Waals surface area contributed by atoms with Gasteiger partial charge in [0, 0.05) is 50.2 Å². The number of aryl methyl sites for hydroxylation is 1. The normalized spacial score (nSPS) is 14.3. The Kier molecular flexibility index (Phi) is 4.74. The third-order valence-electron chi connectivity index (χ3n) is 5.87. The average Bonchev–Trinajstić information content (AvgIpc) is 3.36. The number of aromatic nitrogens is 4. The van der Waals surface area contributed by atoms with Gasteiger partial charge in [-0.05, 0) is 11.1 Å². The Bertz CT molecular complexity index is 1040. The fourth-order valence-electron chi connectivity index (χ4n) is 4.29. The summed E-state index contributed by atoms with van der Waals surface area (Å²) in [4.78, 5) is 6.97. The number of rotatable bonds is 5. The largest absolute Gasteiger partial charge is 0.337 e. The molecule has 0 atom stereocenters. The maximum Gasteiger partial charge on any atom is 0.122 e. The fraction of sp³-hybridized carbons (Fsp3) is 0.250. The number of benzene rings is 2. The Morgan fingerprint density at radius 1 is 1.00 bits per heavy atom. The highest BCUT2D eigenvalue weighted by Gasteiger charge is 2.28. The Morgan fingerprint density at radius 3 is 2.31 bits per heavy atom. The molecule has 0 aliphatic carbocycles. The summed E-state index contributed by atoms with van der Waals surface area (Å²) in [5.74, 6) is 1.23. The fourth-order valence-corrected chi connectivity index (χ4v) is 4.29. The highest BCUT2D eigenvalue weighted by molar-refractivity contribution is 5.44. The van der Waals surface area contributed by atoms with Gasteiger partial charge in [-0.2, -0.15) is 5.10 Å². The second-order valence-corrected chi connectivity index (χ2v) is 7.74. The van der Waals surface area contributed by atoms with Gasteiger partial charge < -0.3 is 4.57 Å². The minimum Gasteiger partial charge on any atom is -0.337 e. The molecule has 5 nitrogen and oxygen atoms in total. The topological polar surface area (TPSA) is 49.7 Å². The van der Waals surface area contributed by atoms with E-state index < -0.39 is 0 Å². The monoisotopic (exact) mass is 383 g/mol. The molecule has 146 valence electrons. The summed E-state index contributed by atoms with van der Waals surface area (Å²) < 4.78 is 2.10. The molecule has 0 amide bonds. The van der Waals surface area contributed by atoms with Crippen LogP contribution in [0, 0.1) is 0 Å². The lowest BCUT2D eigenvalue weighted by Gasteiger charge is -2.28. The molecule has 0 saturated carbocycles. The lowest BCUT2D eigenvalue weighted by molar-refractivity contribution is 0.235. The molecule has 0 spiro atoms. The molecular weight excluding hydrogens is 358 g/mol. The van der Waals surface area contributed by atoms with E-state index in [1.165, 1.54) is 22.4 Å². The number of hydrogen-bond acceptors (Lipinski definition) is 3. The first-order valence-electron chi connectivity index (χ1n) is 10.1. The van der Waals surface area contributed by atoms with Gasteiger partial charge in [-0.25, -0.2) is 4.98 Å². The van der Waals surface area contributed by atoms with Gasteiger partial charge in [-0.1, -0.05) is 60.7 Å². The summed E-state index contributed by atoms with van der Waals surface area (Å²) in [5.41, 5.74) is 6.29. The summed E-state index contributed by atoms with van der Waals surface area (Å²) in [6.07, 6.45) is 4.87. The highest BCUT2D eigenvalue weighted by atomic mass is 15.2. The van der Waals surface area contributed by atoms with Crippen molar-refractivity contribution < 1.29 is 0 Å². The van der Waals surface area contributed by atoms with Crippen LogP contribution in [-0.4, -0.2) is 31.2 Å². The van der Waals surface area contributed by atoms with Crippen molar-refractivity contribution in [2.24, 2.45) is 7.05 Å². The third kappa shape index (κ3) is 3.49. The van der Waals surface area contributed by atoms with E-state index in [1.807, 2.05) is 12.4 Å². The summed E-state index contributed by atoms with van der Waals surface area (Å²) in [5, 5.41) is 8.17. The summed E-state index contributed by atoms with van der Waals surface area (Å²) in [7, 11) is 2.06. The minimum atomic E-state index is 0.130. The Labute approximate surface area is 171 Å². The van der Waals surface area contributed by atoms with E-state index in [0.717, 1.165) is 37.6 Å². The van der Waals surface area contributed by atoms with Gasteiger partial charge in [0.1, 0.15) is 5.82 Å². The van der Waals surface area contributed by atoms with Crippen LogP contribution in [0.4, 0.5) is 0 Å². The van der Waals surface area contributed by atoms with E-state index in [1.54, 1.807) is 0 Å². The van der Waals surface area contributed by atoms with E-state index in [0.29, 0.717) is 0 Å². The van der Waals surface area contributed by atoms with Crippen LogP contribution in [0.15, 0.2) is 73.1 Å². The van der Waals surface area contributed by atoms with Crippen LogP contribution in [0.2, 0.25) is 0 Å². The van der Waals surface area contributed by atoms with E-state index >= 15 is 0 Å². The van der Waals surface area contributed by atoms with E-state index in [9.17, 15) is 0 Å². The van der Waals surface area contributed by atoms with Gasteiger partial charge in [-0.15, -0.1) is 0 Å². The minimum absolute atomic E-state index is 0.130. The number of fused-ring (bicyclic) bond motifs is 1. The molecule has 0 saturated heterocycles. The van der Waals surface area contributed by atoms with Crippen molar-refractivity contribution >= 4 is 0 Å². The molecule has 4 aromatic rings. The second kappa shape index (κ2) is 7.68. The van der Waals surface area contributed by atoms with E-state index in [-0.39, 0.29) is 5.92 Å². The molecule has 2 aromatic carbocycles. The van der Waals surface area contributed by atoms with Crippen molar-refractivity contribution in [2.45, 2.75) is 25.4 Å². The SMILES string of the molecule is Cn1ccnc1CN1CCc2[nH]nc(C(c3ccccc3)c3ccccc3)c2C1. The average molecular weight is 383 g/mol. The lowest BCUT2D eigenvalue weighted by Crippen LogP contribution is -2.31. The van der Waals surface area contributed by atoms with Crippen LogP contribution in [0.1, 0.15) is 39.8 Å². The third-order valence-corrected chi connectivity index (χ3v) is 5.87. The molecule has 0 bridgehead atoms. The Hall–Kier alpha value is -3.18. The molecule has 29 heavy (non-hydrogen) atoms. The molecule has 5 rings (SSSR count). The predicted molar refractivity (Wildman–Crippen MR) is 113 cm³/mol. The molecule has 1 N–H and O–H groups in total. The predicted octanol–water partition coefficient (Wildman–Crippen LogP) is 3.88. The first-order valence-corrected chi connectivity index (χ1v) is 10.1. The quantitative estimate of drug-likeness (QED) is 0.569. The lowest BCUT2D eigenvalue weighted by atomic mass is 9.85. The molecule has 0 unspecified atom stereocenters. The molecule has 2 aromatic heterocycles. The Balaban J connectivity index is 1.51. The standard InChI is InChI=1S/C24H25N5/c1-28-15-13-25-22(28)17-29-14-12-21-20(16-29)24(27-26-21)23(18-8-4-2-5-9-18)19-10-6-3-7-11-19/h2-11,13,15,23H,12,14,16-17H2,1H3,(H,26,27). The van der Waals surface area contributed by atoms with Crippen LogP contribution in [0.25, 0.3) is 0 Å². The smallest absolute Gasteiger partial charge is 0.122 e. The summed E-state index contributed by atoms with van der Waals surface area (Å²) in [6.45, 7) is 2.77. The molecule has 0 fully saturated rings. The highest BCUT2D eigenvalue weighted by Crippen LogP contribution is 2.35. The van der Waals surface area contributed by atoms with Crippen LogP contribution in [0.3, 0.4) is 0 Å². The zero-order chi connectivity index (χ0) is 19.6. The van der Waals surface area contributed by atoms with Gasteiger partial charge in [-0.3, -0.25) is 10.00 Å². The van der Waals surface area contributed by atoms with Crippen LogP contribution in [-0.2, 0) is 26.6 Å². The van der Waals surface area contributed by atoms with Crippen molar-refractivity contribution in [3.63, 3.8) is 0 Å².